The molecule has 0 spiro atoms. The molecule has 34 heavy (non-hydrogen) atoms. The zero-order chi connectivity index (χ0) is 24.5. The number of hydrogen-bond donors (Lipinski definition) is 2. The minimum absolute atomic E-state index is 0.205. The van der Waals surface area contributed by atoms with E-state index in [4.69, 9.17) is 0 Å². The van der Waals surface area contributed by atoms with Crippen LogP contribution in [0.25, 0.3) is 10.9 Å². The molecule has 0 aliphatic carbocycles. The highest BCUT2D eigenvalue weighted by molar-refractivity contribution is 7.89. The summed E-state index contributed by atoms with van der Waals surface area (Å²) in [6.07, 6.45) is 2.21. The number of amides is 2. The van der Waals surface area contributed by atoms with Crippen molar-refractivity contribution in [3.05, 3.63) is 65.4 Å². The number of hydrogen-bond acceptors (Lipinski definition) is 4. The van der Waals surface area contributed by atoms with Crippen LogP contribution in [0.5, 0.6) is 0 Å². The van der Waals surface area contributed by atoms with Gasteiger partial charge in [0, 0.05) is 56.6 Å². The zero-order valence-corrected chi connectivity index (χ0v) is 20.5. The molecule has 1 atom stereocenters. The van der Waals surface area contributed by atoms with E-state index < -0.39 is 16.1 Å². The van der Waals surface area contributed by atoms with Crippen LogP contribution in [-0.2, 0) is 26.0 Å². The molecule has 1 aliphatic heterocycles. The van der Waals surface area contributed by atoms with Crippen LogP contribution in [0.1, 0.15) is 23.6 Å². The van der Waals surface area contributed by atoms with Crippen LogP contribution in [-0.4, -0.2) is 66.6 Å². The van der Waals surface area contributed by atoms with E-state index in [1.165, 1.54) is 11.2 Å². The number of rotatable bonds is 6. The van der Waals surface area contributed by atoms with Crippen molar-refractivity contribution >= 4 is 32.7 Å². The Morgan fingerprint density at radius 2 is 1.74 bits per heavy atom. The SMILES string of the molecule is CC(=O)NC(Cc1c[nH]c2ccccc12)C(=O)N1CCN(S(=O)(=O)c2ccc(C)c(C)c2)CC1. The second-order valence-corrected chi connectivity index (χ2v) is 10.7. The molecule has 1 aromatic heterocycles. The lowest BCUT2D eigenvalue weighted by atomic mass is 10.0. The number of piperazine rings is 1. The third-order valence-corrected chi connectivity index (χ3v) is 8.34. The molecule has 0 bridgehead atoms. The van der Waals surface area contributed by atoms with Gasteiger partial charge in [-0.25, -0.2) is 8.42 Å². The van der Waals surface area contributed by atoms with E-state index in [1.807, 2.05) is 50.4 Å². The molecule has 1 saturated heterocycles. The van der Waals surface area contributed by atoms with Gasteiger partial charge < -0.3 is 15.2 Å². The zero-order valence-electron chi connectivity index (χ0n) is 19.7. The fraction of sp³-hybridized carbons (Fsp3) is 0.360. The molecule has 9 heteroatoms. The highest BCUT2D eigenvalue weighted by Crippen LogP contribution is 2.22. The fourth-order valence-electron chi connectivity index (χ4n) is 4.36. The smallest absolute Gasteiger partial charge is 0.245 e. The van der Waals surface area contributed by atoms with Crippen molar-refractivity contribution in [1.82, 2.24) is 19.5 Å². The van der Waals surface area contributed by atoms with Crippen molar-refractivity contribution in [2.45, 2.75) is 38.1 Å². The Bertz CT molecular complexity index is 1320. The number of carbonyl (C=O) groups is 2. The third-order valence-electron chi connectivity index (χ3n) is 6.44. The summed E-state index contributed by atoms with van der Waals surface area (Å²) in [7, 11) is -3.63. The Morgan fingerprint density at radius 1 is 1.03 bits per heavy atom. The summed E-state index contributed by atoms with van der Waals surface area (Å²) in [4.78, 5) is 30.3. The lowest BCUT2D eigenvalue weighted by molar-refractivity contribution is -0.137. The molecule has 2 amide bonds. The largest absolute Gasteiger partial charge is 0.361 e. The second-order valence-electron chi connectivity index (χ2n) is 8.79. The van der Waals surface area contributed by atoms with E-state index in [9.17, 15) is 18.0 Å². The maximum Gasteiger partial charge on any atom is 0.245 e. The fourth-order valence-corrected chi connectivity index (χ4v) is 5.87. The van der Waals surface area contributed by atoms with Gasteiger partial charge in [-0.15, -0.1) is 0 Å². The predicted octanol–water partition coefficient (Wildman–Crippen LogP) is 2.37. The molecule has 0 saturated carbocycles. The first-order valence-electron chi connectivity index (χ1n) is 11.3. The molecule has 2 N–H and O–H groups in total. The van der Waals surface area contributed by atoms with Crippen LogP contribution in [0.15, 0.2) is 53.6 Å². The Hall–Kier alpha value is -3.17. The Balaban J connectivity index is 1.46. The molecule has 1 unspecified atom stereocenters. The molecule has 0 radical (unpaired) electrons. The molecule has 180 valence electrons. The number of fused-ring (bicyclic) bond motifs is 1. The van der Waals surface area contributed by atoms with E-state index >= 15 is 0 Å². The van der Waals surface area contributed by atoms with E-state index in [2.05, 4.69) is 10.3 Å². The third kappa shape index (κ3) is 4.85. The minimum atomic E-state index is -3.63. The number of nitrogens with one attached hydrogen (secondary N) is 2. The quantitative estimate of drug-likeness (QED) is 0.563. The summed E-state index contributed by atoms with van der Waals surface area (Å²) < 4.78 is 27.6. The number of nitrogens with zero attached hydrogens (tertiary/aromatic N) is 2. The summed E-state index contributed by atoms with van der Waals surface area (Å²) in [5, 5.41) is 3.79. The summed E-state index contributed by atoms with van der Waals surface area (Å²) in [6.45, 7) is 6.18. The molecule has 1 aliphatic rings. The van der Waals surface area contributed by atoms with Gasteiger partial charge in [0.05, 0.1) is 4.90 Å². The van der Waals surface area contributed by atoms with Crippen molar-refractivity contribution < 1.29 is 18.0 Å². The van der Waals surface area contributed by atoms with Gasteiger partial charge in [-0.05, 0) is 48.7 Å². The van der Waals surface area contributed by atoms with Crippen molar-refractivity contribution in [2.75, 3.05) is 26.2 Å². The predicted molar refractivity (Wildman–Crippen MR) is 131 cm³/mol. The topological polar surface area (TPSA) is 103 Å². The van der Waals surface area contributed by atoms with Gasteiger partial charge in [0.25, 0.3) is 0 Å². The number of benzene rings is 2. The molecular formula is C25H30N4O4S. The number of carbonyl (C=O) groups excluding carboxylic acids is 2. The van der Waals surface area contributed by atoms with E-state index in [-0.39, 0.29) is 42.9 Å². The monoisotopic (exact) mass is 482 g/mol. The standard InChI is InChI=1S/C25H30N4O4S/c1-17-8-9-21(14-18(17)2)34(32,33)29-12-10-28(11-13-29)25(31)24(27-19(3)30)15-20-16-26-23-7-5-4-6-22(20)23/h4-9,14,16,24,26H,10-13,15H2,1-3H3,(H,27,30). The number of sulfonamides is 1. The number of aromatic nitrogens is 1. The Labute approximate surface area is 200 Å². The lowest BCUT2D eigenvalue weighted by Crippen LogP contribution is -2.56. The van der Waals surface area contributed by atoms with Crippen LogP contribution in [0.3, 0.4) is 0 Å². The van der Waals surface area contributed by atoms with Crippen LogP contribution in [0.4, 0.5) is 0 Å². The van der Waals surface area contributed by atoms with Gasteiger partial charge >= 0.3 is 0 Å². The average molecular weight is 483 g/mol. The molecule has 2 heterocycles. The first kappa shape index (κ1) is 24.0. The normalized spacial score (nSPS) is 15.9. The highest BCUT2D eigenvalue weighted by Gasteiger charge is 2.33. The molecule has 3 aromatic rings. The maximum absolute atomic E-state index is 13.3. The van der Waals surface area contributed by atoms with Gasteiger partial charge in [0.1, 0.15) is 6.04 Å². The van der Waals surface area contributed by atoms with E-state index in [1.54, 1.807) is 17.0 Å². The van der Waals surface area contributed by atoms with Gasteiger partial charge in [-0.2, -0.15) is 4.31 Å². The Kier molecular flexibility index (Phi) is 6.77. The summed E-state index contributed by atoms with van der Waals surface area (Å²) in [5.74, 6) is -0.488. The lowest BCUT2D eigenvalue weighted by Gasteiger charge is -2.36. The molecule has 8 nitrogen and oxygen atoms in total. The van der Waals surface area contributed by atoms with Gasteiger partial charge in [0.2, 0.25) is 21.8 Å². The van der Waals surface area contributed by atoms with Gasteiger partial charge in [0.15, 0.2) is 0 Å². The van der Waals surface area contributed by atoms with Gasteiger partial charge in [-0.3, -0.25) is 9.59 Å². The minimum Gasteiger partial charge on any atom is -0.361 e. The first-order chi connectivity index (χ1) is 16.2. The maximum atomic E-state index is 13.3. The molecule has 1 fully saturated rings. The van der Waals surface area contributed by atoms with Crippen molar-refractivity contribution in [3.63, 3.8) is 0 Å². The molecule has 2 aromatic carbocycles. The van der Waals surface area contributed by atoms with Crippen LogP contribution in [0.2, 0.25) is 0 Å². The van der Waals surface area contributed by atoms with Crippen LogP contribution in [0, 0.1) is 13.8 Å². The summed E-state index contributed by atoms with van der Waals surface area (Å²) >= 11 is 0. The summed E-state index contributed by atoms with van der Waals surface area (Å²) in [5.41, 5.74) is 3.87. The number of para-hydroxylation sites is 1. The van der Waals surface area contributed by atoms with Crippen LogP contribution >= 0.6 is 0 Å². The molecular weight excluding hydrogens is 452 g/mol. The van der Waals surface area contributed by atoms with Crippen molar-refractivity contribution in [2.24, 2.45) is 0 Å². The highest BCUT2D eigenvalue weighted by atomic mass is 32.2. The van der Waals surface area contributed by atoms with Crippen molar-refractivity contribution in [3.8, 4) is 0 Å². The van der Waals surface area contributed by atoms with Crippen LogP contribution < -0.4 is 5.32 Å². The van der Waals surface area contributed by atoms with E-state index in [0.717, 1.165) is 27.6 Å². The Morgan fingerprint density at radius 3 is 2.41 bits per heavy atom. The summed E-state index contributed by atoms with van der Waals surface area (Å²) in [6, 6.07) is 12.2. The van der Waals surface area contributed by atoms with Gasteiger partial charge in [-0.1, -0.05) is 24.3 Å². The second kappa shape index (κ2) is 9.60. The first-order valence-corrected chi connectivity index (χ1v) is 12.8. The van der Waals surface area contributed by atoms with E-state index in [0.29, 0.717) is 6.42 Å². The average Bonchev–Trinajstić information content (AvgIpc) is 3.22. The van der Waals surface area contributed by atoms with Crippen molar-refractivity contribution in [1.29, 1.82) is 0 Å². The number of aryl methyl sites for hydroxylation is 2. The molecule has 4 rings (SSSR count). The number of H-pyrrole nitrogens is 1. The number of aromatic amines is 1.